The molecular formula is C37H59N3O12. The van der Waals surface area contributed by atoms with E-state index in [-0.39, 0.29) is 45.6 Å². The van der Waals surface area contributed by atoms with Gasteiger partial charge in [0.2, 0.25) is 5.91 Å². The Bertz CT molecular complexity index is 1280. The molecule has 0 aliphatic rings. The molecule has 0 aromatic heterocycles. The SMILES string of the molecule is CC(C)(C)OC(=O)CN(CC[C@H](C(=O)NCCC(=O)OCc1ccccc1)N(CC(=O)OC(C)(C)C)OC(=O)OC(C)(C)C)CC(=O)OC(C)(C)C. The van der Waals surface area contributed by atoms with Crippen LogP contribution in [0.1, 0.15) is 101 Å². The average molecular weight is 738 g/mol. The van der Waals surface area contributed by atoms with Crippen LogP contribution in [0.2, 0.25) is 0 Å². The van der Waals surface area contributed by atoms with Crippen LogP contribution in [0.4, 0.5) is 4.79 Å². The largest absolute Gasteiger partial charge is 0.528 e. The van der Waals surface area contributed by atoms with Crippen LogP contribution in [-0.4, -0.2) is 107 Å². The monoisotopic (exact) mass is 737 g/mol. The number of hydroxylamine groups is 2. The Morgan fingerprint density at radius 2 is 1.10 bits per heavy atom. The van der Waals surface area contributed by atoms with Gasteiger partial charge in [0.25, 0.3) is 0 Å². The van der Waals surface area contributed by atoms with Gasteiger partial charge in [0.15, 0.2) is 0 Å². The summed E-state index contributed by atoms with van der Waals surface area (Å²) >= 11 is 0. The summed E-state index contributed by atoms with van der Waals surface area (Å²) in [7, 11) is 0. The Labute approximate surface area is 307 Å². The van der Waals surface area contributed by atoms with Crippen molar-refractivity contribution in [3.63, 3.8) is 0 Å². The third kappa shape index (κ3) is 22.6. The number of nitrogens with one attached hydrogen (secondary N) is 1. The summed E-state index contributed by atoms with van der Waals surface area (Å²) in [5.41, 5.74) is -2.73. The quantitative estimate of drug-likeness (QED) is 0.134. The van der Waals surface area contributed by atoms with Crippen molar-refractivity contribution in [2.75, 3.05) is 32.7 Å². The first-order valence-corrected chi connectivity index (χ1v) is 17.2. The van der Waals surface area contributed by atoms with Crippen molar-refractivity contribution in [1.82, 2.24) is 15.3 Å². The molecule has 0 saturated carbocycles. The van der Waals surface area contributed by atoms with Gasteiger partial charge < -0.3 is 33.8 Å². The van der Waals surface area contributed by atoms with Gasteiger partial charge in [-0.15, -0.1) is 5.06 Å². The first-order chi connectivity index (χ1) is 23.7. The zero-order valence-electron chi connectivity index (χ0n) is 32.9. The topological polar surface area (TPSA) is 176 Å². The highest BCUT2D eigenvalue weighted by atomic mass is 16.8. The fraction of sp³-hybridized carbons (Fsp3) is 0.676. The lowest BCUT2D eigenvalue weighted by molar-refractivity contribution is -0.190. The van der Waals surface area contributed by atoms with Crippen molar-refractivity contribution in [3.05, 3.63) is 35.9 Å². The van der Waals surface area contributed by atoms with E-state index in [1.807, 2.05) is 18.2 Å². The predicted molar refractivity (Wildman–Crippen MR) is 190 cm³/mol. The van der Waals surface area contributed by atoms with Crippen molar-refractivity contribution >= 4 is 35.9 Å². The molecule has 0 heterocycles. The van der Waals surface area contributed by atoms with E-state index in [0.717, 1.165) is 10.6 Å². The Morgan fingerprint density at radius 1 is 0.635 bits per heavy atom. The van der Waals surface area contributed by atoms with Crippen LogP contribution in [0.5, 0.6) is 0 Å². The van der Waals surface area contributed by atoms with E-state index in [1.165, 1.54) is 4.90 Å². The molecule has 1 aromatic rings. The van der Waals surface area contributed by atoms with E-state index < -0.39 is 70.9 Å². The van der Waals surface area contributed by atoms with Crippen molar-refractivity contribution in [3.8, 4) is 0 Å². The zero-order valence-corrected chi connectivity index (χ0v) is 32.9. The van der Waals surface area contributed by atoms with Gasteiger partial charge in [-0.3, -0.25) is 28.9 Å². The molecule has 1 rings (SSSR count). The van der Waals surface area contributed by atoms with Crippen molar-refractivity contribution in [2.45, 2.75) is 131 Å². The maximum absolute atomic E-state index is 13.8. The lowest BCUT2D eigenvalue weighted by Gasteiger charge is -2.32. The molecule has 0 spiro atoms. The van der Waals surface area contributed by atoms with Crippen molar-refractivity contribution in [1.29, 1.82) is 0 Å². The van der Waals surface area contributed by atoms with E-state index in [0.29, 0.717) is 0 Å². The van der Waals surface area contributed by atoms with Crippen LogP contribution in [0, 0.1) is 0 Å². The number of hydrogen-bond acceptors (Lipinski definition) is 14. The highest BCUT2D eigenvalue weighted by Crippen LogP contribution is 2.17. The van der Waals surface area contributed by atoms with Gasteiger partial charge >= 0.3 is 30.0 Å². The minimum Gasteiger partial charge on any atom is -0.461 e. The number of amides is 1. The standard InChI is InChI=1S/C37H59N3O12/c1-34(2,3)48-29(42)22-39(23-30(43)49-35(4,5)6)21-19-27(32(45)38-20-18-28(41)47-25-26-16-14-13-15-17-26)40(24-31(44)50-36(7,8)9)52-33(46)51-37(10,11)12/h13-17,27H,18-25H2,1-12H3,(H,38,45)/t27-/m1/s1. The first kappa shape index (κ1) is 45.8. The molecule has 0 unspecified atom stereocenters. The van der Waals surface area contributed by atoms with Gasteiger partial charge in [0, 0.05) is 13.1 Å². The molecule has 0 aliphatic heterocycles. The van der Waals surface area contributed by atoms with Crippen molar-refractivity contribution < 1.29 is 57.3 Å². The molecule has 0 fully saturated rings. The molecule has 1 atom stereocenters. The molecule has 0 bridgehead atoms. The number of nitrogens with zero attached hydrogens (tertiary/aromatic N) is 2. The highest BCUT2D eigenvalue weighted by molar-refractivity contribution is 5.83. The highest BCUT2D eigenvalue weighted by Gasteiger charge is 2.35. The van der Waals surface area contributed by atoms with E-state index in [2.05, 4.69) is 5.32 Å². The third-order valence-corrected chi connectivity index (χ3v) is 6.07. The number of ether oxygens (including phenoxy) is 5. The summed E-state index contributed by atoms with van der Waals surface area (Å²) in [6.07, 6.45) is -1.58. The van der Waals surface area contributed by atoms with Gasteiger partial charge in [0.1, 0.15) is 41.6 Å². The molecule has 0 saturated heterocycles. The van der Waals surface area contributed by atoms with E-state index in [9.17, 15) is 28.8 Å². The molecule has 52 heavy (non-hydrogen) atoms. The number of hydrogen-bond donors (Lipinski definition) is 1. The molecule has 15 heteroatoms. The number of esters is 4. The van der Waals surface area contributed by atoms with Crippen LogP contribution in [0.3, 0.4) is 0 Å². The van der Waals surface area contributed by atoms with E-state index in [1.54, 1.807) is 95.2 Å². The average Bonchev–Trinajstić information content (AvgIpc) is 2.92. The van der Waals surface area contributed by atoms with Crippen LogP contribution in [0.15, 0.2) is 30.3 Å². The van der Waals surface area contributed by atoms with Gasteiger partial charge in [0.05, 0.1) is 19.5 Å². The van der Waals surface area contributed by atoms with Gasteiger partial charge in [-0.1, -0.05) is 30.3 Å². The molecule has 1 aromatic carbocycles. The maximum atomic E-state index is 13.8. The number of carbonyl (C=O) groups is 6. The lowest BCUT2D eigenvalue weighted by atomic mass is 10.1. The van der Waals surface area contributed by atoms with Gasteiger partial charge in [-0.2, -0.15) is 0 Å². The summed E-state index contributed by atoms with van der Waals surface area (Å²) in [6.45, 7) is 18.4. The van der Waals surface area contributed by atoms with Gasteiger partial charge in [-0.25, -0.2) is 4.79 Å². The zero-order chi connectivity index (χ0) is 39.9. The van der Waals surface area contributed by atoms with Crippen LogP contribution in [-0.2, 0) is 59.1 Å². The number of rotatable bonds is 17. The smallest absolute Gasteiger partial charge is 0.461 e. The van der Waals surface area contributed by atoms with Gasteiger partial charge in [-0.05, 0) is 95.1 Å². The summed E-state index contributed by atoms with van der Waals surface area (Å²) in [5.74, 6) is -3.41. The molecule has 0 aliphatic carbocycles. The Balaban J connectivity index is 3.37. The molecule has 1 N–H and O–H groups in total. The second-order valence-electron chi connectivity index (χ2n) is 16.1. The Morgan fingerprint density at radius 3 is 1.56 bits per heavy atom. The van der Waals surface area contributed by atoms with Crippen LogP contribution < -0.4 is 5.32 Å². The Hall–Kier alpha value is -4.24. The normalized spacial score (nSPS) is 12.8. The second-order valence-corrected chi connectivity index (χ2v) is 16.1. The van der Waals surface area contributed by atoms with Crippen molar-refractivity contribution in [2.24, 2.45) is 0 Å². The maximum Gasteiger partial charge on any atom is 0.528 e. The fourth-order valence-electron chi connectivity index (χ4n) is 4.32. The molecule has 1 amide bonds. The van der Waals surface area contributed by atoms with E-state index >= 15 is 0 Å². The lowest BCUT2D eigenvalue weighted by Crippen LogP contribution is -2.52. The summed E-state index contributed by atoms with van der Waals surface area (Å²) in [4.78, 5) is 84.8. The minimum atomic E-state index is -1.40. The fourth-order valence-corrected chi connectivity index (χ4v) is 4.32. The Kier molecular flexibility index (Phi) is 17.7. The summed E-state index contributed by atoms with van der Waals surface area (Å²) < 4.78 is 27.0. The number of benzene rings is 1. The molecule has 15 nitrogen and oxygen atoms in total. The second kappa shape index (κ2) is 20.1. The minimum absolute atomic E-state index is 0.0504. The first-order valence-electron chi connectivity index (χ1n) is 17.2. The van der Waals surface area contributed by atoms with Crippen LogP contribution in [0.25, 0.3) is 0 Å². The summed E-state index contributed by atoms with van der Waals surface area (Å²) in [5, 5.41) is 3.46. The number of carbonyl (C=O) groups excluding carboxylic acids is 6. The molecular weight excluding hydrogens is 678 g/mol. The predicted octanol–water partition coefficient (Wildman–Crippen LogP) is 4.49. The molecule has 294 valence electrons. The third-order valence-electron chi connectivity index (χ3n) is 6.07. The molecule has 0 radical (unpaired) electrons. The van der Waals surface area contributed by atoms with E-state index in [4.69, 9.17) is 28.5 Å². The van der Waals surface area contributed by atoms with Crippen LogP contribution >= 0.6 is 0 Å². The summed E-state index contributed by atoms with van der Waals surface area (Å²) in [6, 6.07) is 7.67.